The third-order valence-electron chi connectivity index (χ3n) is 6.75. The number of rotatable bonds is 0. The van der Waals surface area contributed by atoms with E-state index in [1.165, 1.54) is 28.1 Å². The van der Waals surface area contributed by atoms with Crippen LogP contribution in [0.4, 0.5) is 0 Å². The second-order valence-corrected chi connectivity index (χ2v) is 7.99. The van der Waals surface area contributed by atoms with Gasteiger partial charge < -0.3 is 9.64 Å². The van der Waals surface area contributed by atoms with Crippen molar-refractivity contribution in [1.82, 2.24) is 14.5 Å². The molecule has 0 saturated heterocycles. The zero-order chi connectivity index (χ0) is 18.7. The van der Waals surface area contributed by atoms with Gasteiger partial charge in [-0.15, -0.1) is 0 Å². The summed E-state index contributed by atoms with van der Waals surface area (Å²) in [6.07, 6.45) is 6.61. The molecule has 4 aliphatic heterocycles. The first kappa shape index (κ1) is 16.7. The molecular weight excluding hydrogens is 553 g/mol. The van der Waals surface area contributed by atoms with E-state index in [1.54, 1.807) is 0 Å². The molecule has 5 heteroatoms. The van der Waals surface area contributed by atoms with Crippen LogP contribution in [0.5, 0.6) is 11.5 Å². The normalized spacial score (nSPS) is 20.7. The maximum Gasteiger partial charge on any atom is 0.160 e. The Bertz CT molecular complexity index is 1480. The molecule has 0 fully saturated rings. The Balaban J connectivity index is 0.00000162. The second-order valence-electron chi connectivity index (χ2n) is 7.99. The van der Waals surface area contributed by atoms with Gasteiger partial charge in [0.25, 0.3) is 0 Å². The van der Waals surface area contributed by atoms with Gasteiger partial charge in [0.05, 0.1) is 22.3 Å². The fourth-order valence-corrected chi connectivity index (χ4v) is 5.79. The first-order valence-electron chi connectivity index (χ1n) is 9.97. The van der Waals surface area contributed by atoms with E-state index >= 15 is 0 Å². The van der Waals surface area contributed by atoms with Crippen LogP contribution < -0.4 is 4.74 Å². The van der Waals surface area contributed by atoms with E-state index in [2.05, 4.69) is 88.4 Å². The van der Waals surface area contributed by atoms with Crippen molar-refractivity contribution in [3.63, 3.8) is 0 Å². The number of hydrogen-bond acceptors (Lipinski definition) is 3. The molecular formula is C25H15N3OPt. The second kappa shape index (κ2) is 5.33. The van der Waals surface area contributed by atoms with Crippen molar-refractivity contribution in [3.05, 3.63) is 101 Å². The first-order valence-corrected chi connectivity index (χ1v) is 9.97. The van der Waals surface area contributed by atoms with Crippen molar-refractivity contribution in [1.29, 1.82) is 0 Å². The summed E-state index contributed by atoms with van der Waals surface area (Å²) in [5, 5.41) is 0. The Morgan fingerprint density at radius 1 is 0.900 bits per heavy atom. The SMILES string of the molecule is C1=CCN2C(=C1)c1cccc3c1C21c2c(cccc2-n2c1nc1ccccc12)O3.[Pt]. The zero-order valence-electron chi connectivity index (χ0n) is 15.8. The van der Waals surface area contributed by atoms with Crippen LogP contribution in [0.25, 0.3) is 22.4 Å². The Kier molecular flexibility index (Phi) is 2.96. The van der Waals surface area contributed by atoms with Gasteiger partial charge in [0.2, 0.25) is 0 Å². The summed E-state index contributed by atoms with van der Waals surface area (Å²) in [5.74, 6) is 2.93. The molecule has 0 N–H and O–H groups in total. The number of aromatic nitrogens is 2. The molecule has 1 aromatic heterocycles. The van der Waals surface area contributed by atoms with Crippen molar-refractivity contribution >= 4 is 16.7 Å². The molecule has 146 valence electrons. The summed E-state index contributed by atoms with van der Waals surface area (Å²) in [6, 6.07) is 21.2. The number of nitrogens with zero attached hydrogens (tertiary/aromatic N) is 3. The van der Waals surface area contributed by atoms with Gasteiger partial charge in [0, 0.05) is 44.4 Å². The summed E-state index contributed by atoms with van der Waals surface area (Å²) in [7, 11) is 0. The van der Waals surface area contributed by atoms with Gasteiger partial charge in [-0.3, -0.25) is 4.57 Å². The van der Waals surface area contributed by atoms with E-state index < -0.39 is 5.54 Å². The van der Waals surface area contributed by atoms with Crippen LogP contribution in [0.3, 0.4) is 0 Å². The fourth-order valence-electron chi connectivity index (χ4n) is 5.79. The van der Waals surface area contributed by atoms with Gasteiger partial charge in [-0.2, -0.15) is 0 Å². The molecule has 4 aliphatic rings. The van der Waals surface area contributed by atoms with E-state index in [9.17, 15) is 0 Å². The zero-order valence-corrected chi connectivity index (χ0v) is 18.1. The van der Waals surface area contributed by atoms with E-state index in [0.717, 1.165) is 34.9 Å². The molecule has 1 unspecified atom stereocenters. The van der Waals surface area contributed by atoms with Crippen LogP contribution in [0.1, 0.15) is 22.5 Å². The predicted molar refractivity (Wildman–Crippen MR) is 111 cm³/mol. The van der Waals surface area contributed by atoms with Crippen molar-refractivity contribution in [2.75, 3.05) is 6.54 Å². The van der Waals surface area contributed by atoms with Gasteiger partial charge in [0.1, 0.15) is 17.3 Å². The summed E-state index contributed by atoms with van der Waals surface area (Å²) >= 11 is 0. The molecule has 0 saturated carbocycles. The van der Waals surface area contributed by atoms with Crippen LogP contribution in [0.2, 0.25) is 0 Å². The van der Waals surface area contributed by atoms with E-state index in [4.69, 9.17) is 9.72 Å². The molecule has 8 rings (SSSR count). The Hall–Kier alpha value is -3.10. The van der Waals surface area contributed by atoms with Gasteiger partial charge in [-0.1, -0.05) is 42.5 Å². The standard InChI is InChI=1S/C25H15N3O.Pt/c1-2-10-18-16(8-1)26-24-25-22-15(17-9-3-4-14-27(17)25)7-5-12-20(22)29-21-13-6-11-19(23(21)25)28(18)24;/h1-13H,14H2;. The number of allylic oxidation sites excluding steroid dienone is 2. The van der Waals surface area contributed by atoms with Gasteiger partial charge in [-0.25, -0.2) is 4.98 Å². The molecule has 5 heterocycles. The van der Waals surface area contributed by atoms with Crippen LogP contribution >= 0.6 is 0 Å². The van der Waals surface area contributed by atoms with Crippen molar-refractivity contribution in [3.8, 4) is 17.2 Å². The predicted octanol–water partition coefficient (Wildman–Crippen LogP) is 4.96. The number of ether oxygens (including phenoxy) is 1. The van der Waals surface area contributed by atoms with Crippen molar-refractivity contribution in [2.24, 2.45) is 0 Å². The fraction of sp³-hybridized carbons (Fsp3) is 0.0800. The molecule has 3 aromatic carbocycles. The number of para-hydroxylation sites is 2. The maximum atomic E-state index is 6.46. The van der Waals surface area contributed by atoms with E-state index in [0.29, 0.717) is 0 Å². The Labute approximate surface area is 187 Å². The quantitative estimate of drug-likeness (QED) is 0.301. The molecule has 4 aromatic rings. The smallest absolute Gasteiger partial charge is 0.160 e. The summed E-state index contributed by atoms with van der Waals surface area (Å²) < 4.78 is 8.80. The van der Waals surface area contributed by atoms with Gasteiger partial charge in [0.15, 0.2) is 5.54 Å². The van der Waals surface area contributed by atoms with Gasteiger partial charge >= 0.3 is 0 Å². The van der Waals surface area contributed by atoms with E-state index in [-0.39, 0.29) is 21.1 Å². The molecule has 0 bridgehead atoms. The third kappa shape index (κ3) is 1.58. The average molecular weight is 568 g/mol. The van der Waals surface area contributed by atoms with Crippen LogP contribution in [-0.2, 0) is 26.6 Å². The molecule has 0 amide bonds. The minimum Gasteiger partial charge on any atom is -0.456 e. The van der Waals surface area contributed by atoms with E-state index in [1.807, 2.05) is 0 Å². The van der Waals surface area contributed by atoms with Crippen LogP contribution in [0.15, 0.2) is 78.9 Å². The monoisotopic (exact) mass is 568 g/mol. The Morgan fingerprint density at radius 3 is 2.67 bits per heavy atom. The molecule has 1 spiro atoms. The number of hydrogen-bond donors (Lipinski definition) is 0. The summed E-state index contributed by atoms with van der Waals surface area (Å²) in [6.45, 7) is 0.844. The summed E-state index contributed by atoms with van der Waals surface area (Å²) in [4.78, 5) is 7.73. The molecule has 30 heavy (non-hydrogen) atoms. The topological polar surface area (TPSA) is 30.3 Å². The molecule has 0 radical (unpaired) electrons. The summed E-state index contributed by atoms with van der Waals surface area (Å²) in [5.41, 5.74) is 7.82. The largest absolute Gasteiger partial charge is 0.456 e. The average Bonchev–Trinajstić information content (AvgIpc) is 3.39. The van der Waals surface area contributed by atoms with Gasteiger partial charge in [-0.05, 0) is 36.4 Å². The third-order valence-corrected chi connectivity index (χ3v) is 6.75. The van der Waals surface area contributed by atoms with Crippen molar-refractivity contribution in [2.45, 2.75) is 5.54 Å². The van der Waals surface area contributed by atoms with Crippen LogP contribution in [0, 0.1) is 0 Å². The minimum absolute atomic E-state index is 0. The minimum atomic E-state index is -0.453. The molecule has 0 aliphatic carbocycles. The molecule has 4 nitrogen and oxygen atoms in total. The number of fused-ring (bicyclic) bond motifs is 6. The first-order chi connectivity index (χ1) is 14.4. The van der Waals surface area contributed by atoms with Crippen molar-refractivity contribution < 1.29 is 25.8 Å². The maximum absolute atomic E-state index is 6.46. The number of benzene rings is 3. The van der Waals surface area contributed by atoms with Crippen LogP contribution in [-0.4, -0.2) is 21.0 Å². The number of imidazole rings is 1. The molecule has 1 atom stereocenters. The Morgan fingerprint density at radius 2 is 1.73 bits per heavy atom.